The second kappa shape index (κ2) is 19.5. The molecule has 278 valence electrons. The van der Waals surface area contributed by atoms with Gasteiger partial charge in [0.2, 0.25) is 0 Å². The van der Waals surface area contributed by atoms with Crippen LogP contribution in [0.2, 0.25) is 14.8 Å². The van der Waals surface area contributed by atoms with Gasteiger partial charge in [-0.3, -0.25) is 4.79 Å². The van der Waals surface area contributed by atoms with Crippen LogP contribution in [0.4, 0.5) is 4.79 Å². The van der Waals surface area contributed by atoms with Gasteiger partial charge in [-0.1, -0.05) is 0 Å². The van der Waals surface area contributed by atoms with E-state index in [4.69, 9.17) is 14.2 Å². The van der Waals surface area contributed by atoms with E-state index < -0.39 is 71.2 Å². The summed E-state index contributed by atoms with van der Waals surface area (Å²) >= 11 is -2.07. The third-order valence-electron chi connectivity index (χ3n) is 6.98. The van der Waals surface area contributed by atoms with E-state index in [1.54, 1.807) is 62.3 Å². The zero-order valence-corrected chi connectivity index (χ0v) is 34.9. The molecule has 1 aromatic carbocycles. The SMILES string of the molecule is CC(C)(C)OC(=O)CC[C@H](NC(=O)N[C@@H](CCCCNC(=O)CCCc1cc[c]([Sn]([CH3])([CH3])[CH3])cc1)C(=O)OC(C)(C)C)C(=O)OC(C)(C)C. The van der Waals surface area contributed by atoms with Crippen LogP contribution in [0.1, 0.15) is 113 Å². The van der Waals surface area contributed by atoms with Gasteiger partial charge in [0.25, 0.3) is 0 Å². The largest absolute Gasteiger partial charge is 0.458 e. The summed E-state index contributed by atoms with van der Waals surface area (Å²) in [6.45, 7) is 15.9. The molecular formula is C37H63N3O8Sn. The maximum atomic E-state index is 13.1. The van der Waals surface area contributed by atoms with E-state index in [0.29, 0.717) is 25.8 Å². The van der Waals surface area contributed by atoms with Gasteiger partial charge in [-0.2, -0.15) is 0 Å². The number of amides is 3. The van der Waals surface area contributed by atoms with Gasteiger partial charge in [-0.15, -0.1) is 0 Å². The number of carbonyl (C=O) groups excluding carboxylic acids is 5. The van der Waals surface area contributed by atoms with Gasteiger partial charge in [-0.05, 0) is 75.2 Å². The van der Waals surface area contributed by atoms with Crippen LogP contribution in [0, 0.1) is 0 Å². The molecule has 3 N–H and O–H groups in total. The Bertz CT molecular complexity index is 1240. The molecule has 0 aromatic heterocycles. The Kier molecular flexibility index (Phi) is 17.6. The minimum absolute atomic E-state index is 0.0247. The van der Waals surface area contributed by atoms with E-state index >= 15 is 0 Å². The van der Waals surface area contributed by atoms with Crippen LogP contribution in [0.25, 0.3) is 0 Å². The number of hydrogen-bond donors (Lipinski definition) is 3. The zero-order chi connectivity index (χ0) is 37.6. The number of unbranched alkanes of at least 4 members (excludes halogenated alkanes) is 1. The summed E-state index contributed by atoms with van der Waals surface area (Å²) in [7, 11) is 0. The number of hydrogen-bond acceptors (Lipinski definition) is 8. The second-order valence-corrected chi connectivity index (χ2v) is 31.1. The van der Waals surface area contributed by atoms with Crippen molar-refractivity contribution in [3.05, 3.63) is 29.8 Å². The van der Waals surface area contributed by atoms with Gasteiger partial charge in [-0.25, -0.2) is 14.4 Å². The normalized spacial score (nSPS) is 13.5. The van der Waals surface area contributed by atoms with Crippen molar-refractivity contribution in [2.24, 2.45) is 0 Å². The number of ether oxygens (including phenoxy) is 3. The maximum absolute atomic E-state index is 13.1. The van der Waals surface area contributed by atoms with E-state index in [2.05, 4.69) is 55.0 Å². The van der Waals surface area contributed by atoms with Gasteiger partial charge in [0.05, 0.1) is 0 Å². The predicted octanol–water partition coefficient (Wildman–Crippen LogP) is 5.68. The molecule has 0 aliphatic carbocycles. The van der Waals surface area contributed by atoms with Gasteiger partial charge in [0.1, 0.15) is 28.9 Å². The quantitative estimate of drug-likeness (QED) is 0.0790. The number of urea groups is 1. The summed E-state index contributed by atoms with van der Waals surface area (Å²) in [4.78, 5) is 71.0. The van der Waals surface area contributed by atoms with Gasteiger partial charge in [0, 0.05) is 6.42 Å². The number of benzene rings is 1. The van der Waals surface area contributed by atoms with Crippen molar-refractivity contribution < 1.29 is 38.2 Å². The molecule has 0 unspecified atom stereocenters. The van der Waals surface area contributed by atoms with Crippen molar-refractivity contribution in [3.8, 4) is 0 Å². The van der Waals surface area contributed by atoms with Crippen molar-refractivity contribution in [3.63, 3.8) is 0 Å². The average Bonchev–Trinajstić information content (AvgIpc) is 2.91. The predicted molar refractivity (Wildman–Crippen MR) is 195 cm³/mol. The van der Waals surface area contributed by atoms with Crippen LogP contribution < -0.4 is 19.5 Å². The minimum atomic E-state index is -2.07. The van der Waals surface area contributed by atoms with Crippen molar-refractivity contribution >= 4 is 51.8 Å². The van der Waals surface area contributed by atoms with Gasteiger partial charge in [0.15, 0.2) is 0 Å². The van der Waals surface area contributed by atoms with Crippen LogP contribution in [-0.4, -0.2) is 83.7 Å². The first-order valence-corrected chi connectivity index (χ1v) is 27.4. The fourth-order valence-corrected chi connectivity index (χ4v) is 8.00. The summed E-state index contributed by atoms with van der Waals surface area (Å²) in [6, 6.07) is 5.88. The first kappa shape index (κ1) is 44.2. The molecule has 0 heterocycles. The molecule has 0 fully saturated rings. The first-order valence-electron chi connectivity index (χ1n) is 17.5. The number of aryl methyl sites for hydroxylation is 1. The van der Waals surface area contributed by atoms with Crippen LogP contribution in [0.3, 0.4) is 0 Å². The van der Waals surface area contributed by atoms with Crippen LogP contribution >= 0.6 is 0 Å². The van der Waals surface area contributed by atoms with Crippen LogP contribution in [-0.2, 0) is 39.8 Å². The molecular weight excluding hydrogens is 733 g/mol. The molecule has 0 radical (unpaired) electrons. The summed E-state index contributed by atoms with van der Waals surface area (Å²) in [5.74, 6) is -1.87. The van der Waals surface area contributed by atoms with E-state index in [1.165, 1.54) is 9.14 Å². The van der Waals surface area contributed by atoms with Crippen molar-refractivity contribution in [2.75, 3.05) is 6.54 Å². The fourth-order valence-electron chi connectivity index (χ4n) is 4.67. The van der Waals surface area contributed by atoms with Gasteiger partial charge >= 0.3 is 145 Å². The monoisotopic (exact) mass is 797 g/mol. The molecule has 12 heteroatoms. The molecule has 0 saturated carbocycles. The standard InChI is InChI=1S/C34H54N3O8.3CH3.Sn/c1-32(2,3)43-28(39)22-21-26(30(41)45-34(7,8)9)37-31(42)36-25(29(40)44-33(4,5)6)19-13-14-23-35-27(38)20-15-18-24-16-11-10-12-17-24;;;;/h11-12,16-17,25-26H,13-15,18-23H2,1-9H3,(H,35,38)(H2,36,37,42);3*1H3;/t25-,26-;;;;/m0..../s1. The molecule has 2 atom stereocenters. The van der Waals surface area contributed by atoms with Gasteiger partial charge < -0.3 is 24.8 Å². The van der Waals surface area contributed by atoms with E-state index in [9.17, 15) is 24.0 Å². The summed E-state index contributed by atoms with van der Waals surface area (Å²) in [5, 5.41) is 8.14. The van der Waals surface area contributed by atoms with Crippen LogP contribution in [0.15, 0.2) is 24.3 Å². The molecule has 49 heavy (non-hydrogen) atoms. The molecule has 0 aliphatic rings. The molecule has 0 bridgehead atoms. The Hall–Kier alpha value is -2.83. The smallest absolute Gasteiger partial charge is 0.329 e. The molecule has 0 saturated heterocycles. The molecule has 1 aromatic rings. The van der Waals surface area contributed by atoms with Crippen molar-refractivity contribution in [2.45, 2.75) is 157 Å². The minimum Gasteiger partial charge on any atom is -0.458 e. The Morgan fingerprint density at radius 3 is 1.61 bits per heavy atom. The molecule has 1 rings (SSSR count). The third kappa shape index (κ3) is 21.1. The van der Waals surface area contributed by atoms with Crippen molar-refractivity contribution in [1.29, 1.82) is 0 Å². The number of carbonyl (C=O) groups is 5. The third-order valence-corrected chi connectivity index (χ3v) is 12.9. The fraction of sp³-hybridized carbons (Fsp3) is 0.703. The first-order chi connectivity index (χ1) is 22.3. The number of esters is 3. The van der Waals surface area contributed by atoms with E-state index in [-0.39, 0.29) is 25.2 Å². The topological polar surface area (TPSA) is 149 Å². The Labute approximate surface area is 298 Å². The number of nitrogens with one attached hydrogen (secondary N) is 3. The summed E-state index contributed by atoms with van der Waals surface area (Å²) < 4.78 is 17.8. The molecule has 0 aliphatic heterocycles. The Morgan fingerprint density at radius 2 is 1.14 bits per heavy atom. The molecule has 11 nitrogen and oxygen atoms in total. The van der Waals surface area contributed by atoms with E-state index in [0.717, 1.165) is 12.8 Å². The molecule has 0 spiro atoms. The van der Waals surface area contributed by atoms with Crippen LogP contribution in [0.5, 0.6) is 0 Å². The van der Waals surface area contributed by atoms with Crippen molar-refractivity contribution in [1.82, 2.24) is 16.0 Å². The zero-order valence-electron chi connectivity index (χ0n) is 32.1. The Balaban J connectivity index is 2.71. The summed E-state index contributed by atoms with van der Waals surface area (Å²) in [6.07, 6.45) is 3.20. The maximum Gasteiger partial charge on any atom is 0.329 e. The molecule has 3 amide bonds. The number of rotatable bonds is 17. The Morgan fingerprint density at radius 1 is 0.653 bits per heavy atom. The second-order valence-electron chi connectivity index (χ2n) is 16.6. The average molecular weight is 797 g/mol. The van der Waals surface area contributed by atoms with E-state index in [1.807, 2.05) is 0 Å². The summed E-state index contributed by atoms with van der Waals surface area (Å²) in [5.41, 5.74) is -1.08.